The van der Waals surface area contributed by atoms with Gasteiger partial charge in [0.15, 0.2) is 0 Å². The number of methoxy groups -OCH3 is 1. The number of benzene rings is 2. The average Bonchev–Trinajstić information content (AvgIpc) is 2.72. The Morgan fingerprint density at radius 1 is 0.966 bits per heavy atom. The van der Waals surface area contributed by atoms with Crippen molar-refractivity contribution in [2.75, 3.05) is 25.6 Å². The summed E-state index contributed by atoms with van der Waals surface area (Å²) in [4.78, 5) is 35.2. The molecule has 0 fully saturated rings. The van der Waals surface area contributed by atoms with Crippen LogP contribution in [0.4, 0.5) is 10.5 Å². The Balaban J connectivity index is 1.85. The van der Waals surface area contributed by atoms with Crippen molar-refractivity contribution >= 4 is 23.7 Å². The zero-order chi connectivity index (χ0) is 21.1. The highest BCUT2D eigenvalue weighted by Gasteiger charge is 2.09. The predicted octanol–water partition coefficient (Wildman–Crippen LogP) is 3.13. The molecule has 2 amide bonds. The van der Waals surface area contributed by atoms with Crippen LogP contribution in [0.3, 0.4) is 0 Å². The second kappa shape index (κ2) is 11.5. The third-order valence-corrected chi connectivity index (χ3v) is 3.81. The van der Waals surface area contributed by atoms with E-state index in [1.165, 1.54) is 12.1 Å². The first kappa shape index (κ1) is 21.9. The molecule has 8 nitrogen and oxygen atoms in total. The van der Waals surface area contributed by atoms with Gasteiger partial charge in [0.2, 0.25) is 5.91 Å². The number of rotatable bonds is 9. The molecule has 0 unspecified atom stereocenters. The summed E-state index contributed by atoms with van der Waals surface area (Å²) in [6, 6.07) is 13.3. The quantitative estimate of drug-likeness (QED) is 0.495. The van der Waals surface area contributed by atoms with Crippen molar-refractivity contribution in [3.05, 3.63) is 59.7 Å². The van der Waals surface area contributed by atoms with Crippen molar-refractivity contribution in [1.82, 2.24) is 5.32 Å². The van der Waals surface area contributed by atoms with E-state index in [1.54, 1.807) is 38.3 Å². The minimum Gasteiger partial charge on any atom is -0.434 e. The van der Waals surface area contributed by atoms with Gasteiger partial charge in [0, 0.05) is 31.3 Å². The Morgan fingerprint density at radius 2 is 1.66 bits per heavy atom. The molecule has 0 saturated heterocycles. The Labute approximate surface area is 169 Å². The van der Waals surface area contributed by atoms with Crippen molar-refractivity contribution in [3.63, 3.8) is 0 Å². The number of amides is 2. The highest BCUT2D eigenvalue weighted by molar-refractivity contribution is 6.04. The fraction of sp³-hybridized carbons (Fsp3) is 0.286. The van der Waals surface area contributed by atoms with E-state index in [9.17, 15) is 14.4 Å². The van der Waals surface area contributed by atoms with Crippen LogP contribution in [0.25, 0.3) is 0 Å². The standard InChI is InChI=1S/C21H24N2O6/c1-3-28-21(26)29-18-10-6-16(7-11-18)20(25)23-17-8-4-15(5-9-17)14-22-19(24)12-13-27-2/h4-11H,3,12-14H2,1-2H3,(H,22,24)(H,23,25). The summed E-state index contributed by atoms with van der Waals surface area (Å²) in [6.45, 7) is 2.68. The van der Waals surface area contributed by atoms with Crippen molar-refractivity contribution < 1.29 is 28.6 Å². The first-order chi connectivity index (χ1) is 14.0. The molecule has 0 aliphatic rings. The Bertz CT molecular complexity index is 818. The number of carbonyl (C=O) groups is 3. The molecule has 0 atom stereocenters. The summed E-state index contributed by atoms with van der Waals surface area (Å²) in [5, 5.41) is 5.58. The van der Waals surface area contributed by atoms with Crippen LogP contribution in [0.15, 0.2) is 48.5 Å². The lowest BCUT2D eigenvalue weighted by atomic mass is 10.1. The molecule has 8 heteroatoms. The summed E-state index contributed by atoms with van der Waals surface area (Å²) < 4.78 is 14.5. The second-order valence-electron chi connectivity index (χ2n) is 5.98. The topological polar surface area (TPSA) is 103 Å². The van der Waals surface area contributed by atoms with Gasteiger partial charge >= 0.3 is 6.16 Å². The normalized spacial score (nSPS) is 10.1. The van der Waals surface area contributed by atoms with E-state index in [2.05, 4.69) is 10.6 Å². The third-order valence-electron chi connectivity index (χ3n) is 3.81. The van der Waals surface area contributed by atoms with E-state index in [0.29, 0.717) is 30.8 Å². The summed E-state index contributed by atoms with van der Waals surface area (Å²) in [5.41, 5.74) is 1.95. The molecule has 0 spiro atoms. The number of hydrogen-bond donors (Lipinski definition) is 2. The van der Waals surface area contributed by atoms with Crippen molar-refractivity contribution in [2.24, 2.45) is 0 Å². The minimum atomic E-state index is -0.792. The molecule has 29 heavy (non-hydrogen) atoms. The molecule has 0 radical (unpaired) electrons. The van der Waals surface area contributed by atoms with Crippen LogP contribution >= 0.6 is 0 Å². The summed E-state index contributed by atoms with van der Waals surface area (Å²) in [5.74, 6) is -0.0928. The van der Waals surface area contributed by atoms with E-state index in [0.717, 1.165) is 5.56 Å². The molecule has 2 aromatic carbocycles. The lowest BCUT2D eigenvalue weighted by Crippen LogP contribution is -2.23. The van der Waals surface area contributed by atoms with Crippen LogP contribution in [0, 0.1) is 0 Å². The van der Waals surface area contributed by atoms with Gasteiger partial charge in [-0.3, -0.25) is 9.59 Å². The van der Waals surface area contributed by atoms with E-state index < -0.39 is 6.16 Å². The van der Waals surface area contributed by atoms with Crippen LogP contribution in [0.2, 0.25) is 0 Å². The van der Waals surface area contributed by atoms with Gasteiger partial charge in [0.1, 0.15) is 5.75 Å². The third kappa shape index (κ3) is 7.63. The fourth-order valence-corrected chi connectivity index (χ4v) is 2.31. The number of ether oxygens (including phenoxy) is 3. The number of anilines is 1. The predicted molar refractivity (Wildman–Crippen MR) is 107 cm³/mol. The van der Waals surface area contributed by atoms with Gasteiger partial charge in [-0.05, 0) is 48.9 Å². The first-order valence-electron chi connectivity index (χ1n) is 9.12. The first-order valence-corrected chi connectivity index (χ1v) is 9.12. The van der Waals surface area contributed by atoms with Gasteiger partial charge < -0.3 is 24.8 Å². The van der Waals surface area contributed by atoms with Gasteiger partial charge in [0.05, 0.1) is 13.2 Å². The molecule has 2 N–H and O–H groups in total. The zero-order valence-electron chi connectivity index (χ0n) is 16.4. The van der Waals surface area contributed by atoms with E-state index in [4.69, 9.17) is 14.2 Å². The van der Waals surface area contributed by atoms with Crippen molar-refractivity contribution in [3.8, 4) is 5.75 Å². The lowest BCUT2D eigenvalue weighted by Gasteiger charge is -2.09. The molecule has 2 rings (SSSR count). The zero-order valence-corrected chi connectivity index (χ0v) is 16.4. The lowest BCUT2D eigenvalue weighted by molar-refractivity contribution is -0.122. The van der Waals surface area contributed by atoms with E-state index in [1.807, 2.05) is 12.1 Å². The molecule has 0 heterocycles. The van der Waals surface area contributed by atoms with Crippen molar-refractivity contribution in [2.45, 2.75) is 19.9 Å². The maximum atomic E-state index is 12.3. The molecular weight excluding hydrogens is 376 g/mol. The maximum absolute atomic E-state index is 12.3. The van der Waals surface area contributed by atoms with E-state index in [-0.39, 0.29) is 24.2 Å². The second-order valence-corrected chi connectivity index (χ2v) is 5.98. The largest absolute Gasteiger partial charge is 0.513 e. The van der Waals surface area contributed by atoms with Crippen LogP contribution in [-0.2, 0) is 20.8 Å². The van der Waals surface area contributed by atoms with Gasteiger partial charge in [0.25, 0.3) is 5.91 Å². The average molecular weight is 400 g/mol. The molecule has 2 aromatic rings. The summed E-state index contributed by atoms with van der Waals surface area (Å²) in [6.07, 6.45) is -0.478. The number of nitrogens with one attached hydrogen (secondary N) is 2. The van der Waals surface area contributed by atoms with Crippen LogP contribution < -0.4 is 15.4 Å². The smallest absolute Gasteiger partial charge is 0.434 e. The van der Waals surface area contributed by atoms with Crippen LogP contribution in [-0.4, -0.2) is 38.3 Å². The van der Waals surface area contributed by atoms with E-state index >= 15 is 0 Å². The fourth-order valence-electron chi connectivity index (χ4n) is 2.31. The molecule has 0 saturated carbocycles. The van der Waals surface area contributed by atoms with Crippen molar-refractivity contribution in [1.29, 1.82) is 0 Å². The monoisotopic (exact) mass is 400 g/mol. The summed E-state index contributed by atoms with van der Waals surface area (Å²) in [7, 11) is 1.55. The molecular formula is C21H24N2O6. The Kier molecular flexibility index (Phi) is 8.65. The number of hydrogen-bond acceptors (Lipinski definition) is 6. The number of carbonyl (C=O) groups excluding carboxylic acids is 3. The van der Waals surface area contributed by atoms with Gasteiger partial charge in [-0.15, -0.1) is 0 Å². The highest BCUT2D eigenvalue weighted by Crippen LogP contribution is 2.15. The van der Waals surface area contributed by atoms with Gasteiger partial charge in [-0.1, -0.05) is 12.1 Å². The van der Waals surface area contributed by atoms with Gasteiger partial charge in [-0.25, -0.2) is 4.79 Å². The Hall–Kier alpha value is -3.39. The Morgan fingerprint density at radius 3 is 2.28 bits per heavy atom. The van der Waals surface area contributed by atoms with Crippen LogP contribution in [0.5, 0.6) is 5.75 Å². The molecule has 154 valence electrons. The molecule has 0 bridgehead atoms. The SMILES string of the molecule is CCOC(=O)Oc1ccc(C(=O)Nc2ccc(CNC(=O)CCOC)cc2)cc1. The summed E-state index contributed by atoms with van der Waals surface area (Å²) >= 11 is 0. The molecule has 0 aliphatic heterocycles. The molecule has 0 aromatic heterocycles. The van der Waals surface area contributed by atoms with Gasteiger partial charge in [-0.2, -0.15) is 0 Å². The maximum Gasteiger partial charge on any atom is 0.513 e. The molecule has 0 aliphatic carbocycles. The minimum absolute atomic E-state index is 0.0837. The van der Waals surface area contributed by atoms with Crippen LogP contribution in [0.1, 0.15) is 29.3 Å². The highest BCUT2D eigenvalue weighted by atomic mass is 16.7.